The van der Waals surface area contributed by atoms with Gasteiger partial charge in [-0.3, -0.25) is 9.89 Å². The summed E-state index contributed by atoms with van der Waals surface area (Å²) in [6.45, 7) is 2.11. The van der Waals surface area contributed by atoms with Crippen molar-refractivity contribution in [3.05, 3.63) is 102 Å². The lowest BCUT2D eigenvalue weighted by molar-refractivity contribution is -0.124. The SMILES string of the molecule is CN(C)C(=O)/C=C/CNC1CCN(c2ccc(/C(=C(/CC(F)(F)F)c3ccccc3)c3ccc4n[nH]c(F)c4c3)cn2)CC1. The first-order valence-corrected chi connectivity index (χ1v) is 14.4. The minimum Gasteiger partial charge on any atom is -0.357 e. The minimum atomic E-state index is -4.48. The number of nitrogens with zero attached hydrogens (tertiary/aromatic N) is 4. The highest BCUT2D eigenvalue weighted by Crippen LogP contribution is 2.40. The summed E-state index contributed by atoms with van der Waals surface area (Å²) in [5, 5.41) is 9.87. The monoisotopic (exact) mass is 606 g/mol. The van der Waals surface area contributed by atoms with Crippen molar-refractivity contribution < 1.29 is 22.4 Å². The van der Waals surface area contributed by atoms with Crippen molar-refractivity contribution in [1.29, 1.82) is 0 Å². The molecule has 1 amide bonds. The van der Waals surface area contributed by atoms with Crippen molar-refractivity contribution in [2.75, 3.05) is 38.6 Å². The minimum absolute atomic E-state index is 0.0577. The average molecular weight is 607 g/mol. The molecule has 0 saturated carbocycles. The molecule has 7 nitrogen and oxygen atoms in total. The number of benzene rings is 2. The molecule has 0 radical (unpaired) electrons. The number of allylic oxidation sites excluding steroid dienone is 1. The number of rotatable bonds is 9. The summed E-state index contributed by atoms with van der Waals surface area (Å²) in [5.41, 5.74) is 2.14. The number of aromatic nitrogens is 3. The molecule has 44 heavy (non-hydrogen) atoms. The Hall–Kier alpha value is -4.51. The van der Waals surface area contributed by atoms with Gasteiger partial charge in [0.2, 0.25) is 11.9 Å². The fourth-order valence-corrected chi connectivity index (χ4v) is 5.40. The lowest BCUT2D eigenvalue weighted by Gasteiger charge is -2.33. The summed E-state index contributed by atoms with van der Waals surface area (Å²) in [6, 6.07) is 17.1. The Bertz CT molecular complexity index is 1640. The van der Waals surface area contributed by atoms with Gasteiger partial charge in [0, 0.05) is 57.6 Å². The predicted molar refractivity (Wildman–Crippen MR) is 164 cm³/mol. The Labute approximate surface area is 253 Å². The number of likely N-dealkylation sites (N-methyl/N-ethyl adjacent to an activating group) is 1. The number of aromatic amines is 1. The van der Waals surface area contributed by atoms with Crippen LogP contribution in [0, 0.1) is 5.95 Å². The maximum Gasteiger partial charge on any atom is 0.393 e. The summed E-state index contributed by atoms with van der Waals surface area (Å²) in [5.74, 6) is 0.0248. The fourth-order valence-electron chi connectivity index (χ4n) is 5.40. The van der Waals surface area contributed by atoms with Crippen molar-refractivity contribution in [3.63, 3.8) is 0 Å². The van der Waals surface area contributed by atoms with Crippen molar-refractivity contribution in [1.82, 2.24) is 25.4 Å². The number of carbonyl (C=O) groups excluding carboxylic acids is 1. The Morgan fingerprint density at radius 2 is 1.77 bits per heavy atom. The van der Waals surface area contributed by atoms with E-state index in [1.165, 1.54) is 11.0 Å². The van der Waals surface area contributed by atoms with E-state index >= 15 is 0 Å². The average Bonchev–Trinajstić information content (AvgIpc) is 3.39. The maximum absolute atomic E-state index is 14.5. The number of H-pyrrole nitrogens is 1. The Morgan fingerprint density at radius 3 is 2.43 bits per heavy atom. The highest BCUT2D eigenvalue weighted by Gasteiger charge is 2.32. The Balaban J connectivity index is 1.41. The third-order valence-electron chi connectivity index (χ3n) is 7.68. The summed E-state index contributed by atoms with van der Waals surface area (Å²) in [6.07, 6.45) is 1.08. The van der Waals surface area contributed by atoms with Crippen LogP contribution in [0.4, 0.5) is 23.4 Å². The molecule has 0 unspecified atom stereocenters. The third-order valence-corrected chi connectivity index (χ3v) is 7.68. The van der Waals surface area contributed by atoms with Crippen LogP contribution in [0.25, 0.3) is 22.0 Å². The first-order valence-electron chi connectivity index (χ1n) is 14.4. The van der Waals surface area contributed by atoms with Crippen LogP contribution in [0.15, 0.2) is 79.0 Å². The quantitative estimate of drug-likeness (QED) is 0.135. The number of hydrogen-bond acceptors (Lipinski definition) is 5. The molecule has 2 N–H and O–H groups in total. The summed E-state index contributed by atoms with van der Waals surface area (Å²) >= 11 is 0. The standard InChI is InChI=1S/C33H34F4N6O/c1-42(2)30(44)9-6-16-38-25-14-17-43(18-15-25)29-13-11-24(21-39-29)31(23-10-12-28-26(19-23)32(34)41-40-28)27(20-33(35,36)37)22-7-4-3-5-8-22/h3-13,19,21,25,38H,14-18,20H2,1-2H3,(H,40,41)/b9-6+,31-27-. The van der Waals surface area contributed by atoms with E-state index in [-0.39, 0.29) is 16.9 Å². The second-order valence-corrected chi connectivity index (χ2v) is 11.0. The number of carbonyl (C=O) groups is 1. The van der Waals surface area contributed by atoms with Crippen LogP contribution in [0.1, 0.15) is 36.0 Å². The van der Waals surface area contributed by atoms with Crippen molar-refractivity contribution in [2.24, 2.45) is 0 Å². The van der Waals surface area contributed by atoms with Gasteiger partial charge in [-0.25, -0.2) is 4.98 Å². The van der Waals surface area contributed by atoms with Crippen molar-refractivity contribution in [3.8, 4) is 0 Å². The molecule has 0 spiro atoms. The number of halogens is 4. The van der Waals surface area contributed by atoms with Gasteiger partial charge < -0.3 is 15.1 Å². The van der Waals surface area contributed by atoms with Gasteiger partial charge in [-0.15, -0.1) is 0 Å². The molecule has 1 saturated heterocycles. The normalized spacial score (nSPS) is 15.2. The molecule has 0 bridgehead atoms. The molecular formula is C33H34F4N6O. The van der Waals surface area contributed by atoms with E-state index in [9.17, 15) is 22.4 Å². The van der Waals surface area contributed by atoms with Gasteiger partial charge in [-0.1, -0.05) is 42.5 Å². The molecule has 5 rings (SSSR count). The van der Waals surface area contributed by atoms with E-state index in [0.717, 1.165) is 31.7 Å². The van der Waals surface area contributed by atoms with Gasteiger partial charge in [0.25, 0.3) is 0 Å². The van der Waals surface area contributed by atoms with E-state index in [1.807, 2.05) is 12.1 Å². The van der Waals surface area contributed by atoms with E-state index in [0.29, 0.717) is 40.4 Å². The van der Waals surface area contributed by atoms with Crippen LogP contribution >= 0.6 is 0 Å². The third kappa shape index (κ3) is 7.52. The highest BCUT2D eigenvalue weighted by atomic mass is 19.4. The van der Waals surface area contributed by atoms with Crippen LogP contribution < -0.4 is 10.2 Å². The van der Waals surface area contributed by atoms with Gasteiger partial charge in [0.15, 0.2) is 0 Å². The number of fused-ring (bicyclic) bond motifs is 1. The van der Waals surface area contributed by atoms with Gasteiger partial charge in [0.1, 0.15) is 5.82 Å². The number of amides is 1. The number of hydrogen-bond donors (Lipinski definition) is 2. The van der Waals surface area contributed by atoms with Crippen LogP contribution in [-0.2, 0) is 4.79 Å². The molecule has 4 aromatic rings. The summed E-state index contributed by atoms with van der Waals surface area (Å²) in [4.78, 5) is 20.0. The Morgan fingerprint density at radius 1 is 1.05 bits per heavy atom. The van der Waals surface area contributed by atoms with Crippen molar-refractivity contribution in [2.45, 2.75) is 31.5 Å². The summed E-state index contributed by atoms with van der Waals surface area (Å²) < 4.78 is 56.5. The molecule has 2 aromatic carbocycles. The van der Waals surface area contributed by atoms with E-state index in [4.69, 9.17) is 0 Å². The maximum atomic E-state index is 14.5. The molecule has 230 valence electrons. The number of nitrogens with one attached hydrogen (secondary N) is 2. The molecule has 1 fully saturated rings. The zero-order valence-corrected chi connectivity index (χ0v) is 24.5. The van der Waals surface area contributed by atoms with Gasteiger partial charge in [0.05, 0.1) is 17.3 Å². The van der Waals surface area contributed by atoms with Crippen LogP contribution in [0.2, 0.25) is 0 Å². The second-order valence-electron chi connectivity index (χ2n) is 11.0. The molecule has 2 aromatic heterocycles. The largest absolute Gasteiger partial charge is 0.393 e. The molecule has 1 aliphatic rings. The smallest absolute Gasteiger partial charge is 0.357 e. The first kappa shape index (κ1) is 30.9. The molecule has 1 aliphatic heterocycles. The number of alkyl halides is 3. The van der Waals surface area contributed by atoms with E-state index < -0.39 is 18.5 Å². The lowest BCUT2D eigenvalue weighted by atomic mass is 9.88. The molecular weight excluding hydrogens is 572 g/mol. The van der Waals surface area contributed by atoms with Gasteiger partial charge >= 0.3 is 6.18 Å². The number of pyridine rings is 1. The zero-order valence-electron chi connectivity index (χ0n) is 24.5. The number of piperidine rings is 1. The van der Waals surface area contributed by atoms with E-state index in [1.54, 1.807) is 74.9 Å². The van der Waals surface area contributed by atoms with Crippen LogP contribution in [0.3, 0.4) is 0 Å². The molecule has 3 heterocycles. The fraction of sp³-hybridized carbons (Fsp3) is 0.303. The van der Waals surface area contributed by atoms with Gasteiger partial charge in [-0.2, -0.15) is 22.7 Å². The highest BCUT2D eigenvalue weighted by molar-refractivity contribution is 6.00. The molecule has 11 heteroatoms. The van der Waals surface area contributed by atoms with Crippen LogP contribution in [-0.4, -0.2) is 71.9 Å². The summed E-state index contributed by atoms with van der Waals surface area (Å²) in [7, 11) is 3.42. The Kier molecular flexibility index (Phi) is 9.43. The van der Waals surface area contributed by atoms with Crippen molar-refractivity contribution >= 4 is 33.8 Å². The predicted octanol–water partition coefficient (Wildman–Crippen LogP) is 6.21. The van der Waals surface area contributed by atoms with E-state index in [2.05, 4.69) is 25.4 Å². The second kappa shape index (κ2) is 13.4. The number of anilines is 1. The lowest BCUT2D eigenvalue weighted by Crippen LogP contribution is -2.42. The topological polar surface area (TPSA) is 77.2 Å². The van der Waals surface area contributed by atoms with Crippen LogP contribution in [0.5, 0.6) is 0 Å². The molecule has 0 atom stereocenters. The first-order chi connectivity index (χ1) is 21.1. The zero-order chi connectivity index (χ0) is 31.3. The molecule has 0 aliphatic carbocycles. The van der Waals surface area contributed by atoms with Gasteiger partial charge in [-0.05, 0) is 59.4 Å².